The number of H-pyrrole nitrogens is 1. The van der Waals surface area contributed by atoms with Crippen molar-refractivity contribution in [1.82, 2.24) is 15.0 Å². The van der Waals surface area contributed by atoms with E-state index in [2.05, 4.69) is 4.98 Å². The van der Waals surface area contributed by atoms with E-state index in [0.29, 0.717) is 24.4 Å². The highest BCUT2D eigenvalue weighted by Crippen LogP contribution is 2.27. The first kappa shape index (κ1) is 19.7. The van der Waals surface area contributed by atoms with Gasteiger partial charge in [0.2, 0.25) is 5.91 Å². The lowest BCUT2D eigenvalue weighted by atomic mass is 10.1. The van der Waals surface area contributed by atoms with E-state index in [4.69, 9.17) is 0 Å². The average molecular weight is 432 g/mol. The van der Waals surface area contributed by atoms with Crippen LogP contribution in [0.1, 0.15) is 27.3 Å². The molecule has 1 aromatic carbocycles. The summed E-state index contributed by atoms with van der Waals surface area (Å²) in [4.78, 5) is 29.6. The van der Waals surface area contributed by atoms with Gasteiger partial charge in [0.25, 0.3) is 5.91 Å². The highest BCUT2D eigenvalue weighted by atomic mass is 32.2. The first-order valence-electron chi connectivity index (χ1n) is 9.24. The number of nitrogens with zero attached hydrogens (tertiary/aromatic N) is 2. The van der Waals surface area contributed by atoms with E-state index < -0.39 is 9.84 Å². The molecule has 0 radical (unpaired) electrons. The molecule has 1 aliphatic heterocycles. The Morgan fingerprint density at radius 3 is 2.55 bits per heavy atom. The number of benzene rings is 1. The third kappa shape index (κ3) is 3.67. The van der Waals surface area contributed by atoms with Crippen molar-refractivity contribution in [1.29, 1.82) is 0 Å². The Labute approximate surface area is 172 Å². The highest BCUT2D eigenvalue weighted by Gasteiger charge is 2.32. The molecule has 1 aliphatic rings. The van der Waals surface area contributed by atoms with E-state index in [-0.39, 0.29) is 22.4 Å². The largest absolute Gasteiger partial charge is 0.358 e. The van der Waals surface area contributed by atoms with E-state index in [1.807, 2.05) is 31.2 Å². The van der Waals surface area contributed by atoms with Gasteiger partial charge in [0, 0.05) is 35.9 Å². The Kier molecular flexibility index (Phi) is 4.95. The molecule has 9 heteroatoms. The summed E-state index contributed by atoms with van der Waals surface area (Å²) in [7, 11) is -3.36. The number of thiophene rings is 1. The quantitative estimate of drug-likeness (QED) is 0.688. The van der Waals surface area contributed by atoms with Crippen molar-refractivity contribution in [3.8, 4) is 0 Å². The molecule has 0 unspecified atom stereocenters. The molecule has 0 spiro atoms. The van der Waals surface area contributed by atoms with Crippen LogP contribution in [0.15, 0.2) is 40.6 Å². The fraction of sp³-hybridized carbons (Fsp3) is 0.300. The van der Waals surface area contributed by atoms with Gasteiger partial charge >= 0.3 is 0 Å². The van der Waals surface area contributed by atoms with Gasteiger partial charge in [-0.15, -0.1) is 11.3 Å². The molecular weight excluding hydrogens is 410 g/mol. The fourth-order valence-corrected chi connectivity index (χ4v) is 5.52. The smallest absolute Gasteiger partial charge is 0.282 e. The molecule has 2 aromatic heterocycles. The van der Waals surface area contributed by atoms with Crippen molar-refractivity contribution in [2.45, 2.75) is 24.0 Å². The lowest BCUT2D eigenvalue weighted by Crippen LogP contribution is -2.45. The molecule has 1 saturated heterocycles. The predicted molar refractivity (Wildman–Crippen MR) is 112 cm³/mol. The molecule has 29 heavy (non-hydrogen) atoms. The fourth-order valence-electron chi connectivity index (χ4n) is 3.65. The number of carbonyl (C=O) groups is 2. The molecule has 0 aliphatic carbocycles. The number of hydrazine groups is 1. The molecule has 0 saturated carbocycles. The summed E-state index contributed by atoms with van der Waals surface area (Å²) in [6, 6.07) is 10.8. The zero-order valence-corrected chi connectivity index (χ0v) is 17.8. The van der Waals surface area contributed by atoms with E-state index in [0.717, 1.165) is 39.8 Å². The van der Waals surface area contributed by atoms with Gasteiger partial charge in [0.15, 0.2) is 9.84 Å². The number of amides is 2. The number of hydrogen-bond donors (Lipinski definition) is 1. The number of sulfone groups is 1. The lowest BCUT2D eigenvalue weighted by Gasteiger charge is -2.27. The van der Waals surface area contributed by atoms with E-state index in [1.54, 1.807) is 0 Å². The van der Waals surface area contributed by atoms with Crippen LogP contribution >= 0.6 is 11.3 Å². The van der Waals surface area contributed by atoms with Crippen LogP contribution in [0.3, 0.4) is 0 Å². The third-order valence-electron chi connectivity index (χ3n) is 5.07. The standard InChI is InChI=1S/C20H21N3O4S2/c1-13-15(14-6-3-4-7-16(14)21-13)12-18(24)22-10-5-11-23(22)20(25)17-8-9-19(28-17)29(2,26)27/h3-4,6-9,21H,5,10-12H2,1-2H3. The Hall–Kier alpha value is -2.65. The second-order valence-corrected chi connectivity index (χ2v) is 10.5. The summed E-state index contributed by atoms with van der Waals surface area (Å²) < 4.78 is 23.5. The predicted octanol–water partition coefficient (Wildman–Crippen LogP) is 2.77. The number of fused-ring (bicyclic) bond motifs is 1. The van der Waals surface area contributed by atoms with Crippen molar-refractivity contribution in [2.24, 2.45) is 0 Å². The normalized spacial score (nSPS) is 14.7. The van der Waals surface area contributed by atoms with Crippen molar-refractivity contribution in [2.75, 3.05) is 19.3 Å². The number of aromatic nitrogens is 1. The van der Waals surface area contributed by atoms with Gasteiger partial charge in [0.05, 0.1) is 11.3 Å². The Morgan fingerprint density at radius 1 is 1.10 bits per heavy atom. The molecule has 2 amide bonds. The Balaban J connectivity index is 1.56. The molecule has 4 rings (SSSR count). The minimum Gasteiger partial charge on any atom is -0.358 e. The molecular formula is C20H21N3O4S2. The van der Waals surface area contributed by atoms with Gasteiger partial charge in [0.1, 0.15) is 4.21 Å². The second kappa shape index (κ2) is 7.31. The van der Waals surface area contributed by atoms with Gasteiger partial charge in [-0.3, -0.25) is 14.6 Å². The van der Waals surface area contributed by atoms with Crippen LogP contribution in [0.2, 0.25) is 0 Å². The SMILES string of the molecule is Cc1[nH]c2ccccc2c1CC(=O)N1CCCN1C(=O)c1ccc(S(C)(=O)=O)s1. The summed E-state index contributed by atoms with van der Waals surface area (Å²) in [5, 5.41) is 3.93. The number of rotatable bonds is 4. The summed E-state index contributed by atoms with van der Waals surface area (Å²) >= 11 is 0.936. The minimum absolute atomic E-state index is 0.146. The zero-order chi connectivity index (χ0) is 20.8. The van der Waals surface area contributed by atoms with Crippen molar-refractivity contribution < 1.29 is 18.0 Å². The molecule has 3 aromatic rings. The zero-order valence-electron chi connectivity index (χ0n) is 16.1. The number of para-hydroxylation sites is 1. The van der Waals surface area contributed by atoms with Crippen LogP contribution < -0.4 is 0 Å². The highest BCUT2D eigenvalue weighted by molar-refractivity contribution is 7.92. The summed E-state index contributed by atoms with van der Waals surface area (Å²) in [5.74, 6) is -0.491. The van der Waals surface area contributed by atoms with Crippen LogP contribution in [0.25, 0.3) is 10.9 Å². The maximum absolute atomic E-state index is 13.0. The Bertz CT molecular complexity index is 1210. The first-order valence-corrected chi connectivity index (χ1v) is 11.9. The molecule has 3 heterocycles. The van der Waals surface area contributed by atoms with E-state index in [9.17, 15) is 18.0 Å². The van der Waals surface area contributed by atoms with Gasteiger partial charge in [-0.2, -0.15) is 0 Å². The van der Waals surface area contributed by atoms with Gasteiger partial charge in [-0.25, -0.2) is 13.4 Å². The van der Waals surface area contributed by atoms with Gasteiger partial charge < -0.3 is 4.98 Å². The lowest BCUT2D eigenvalue weighted by molar-refractivity contribution is -0.139. The monoisotopic (exact) mass is 431 g/mol. The summed E-state index contributed by atoms with van der Waals surface area (Å²) in [5.41, 5.74) is 2.85. The Morgan fingerprint density at radius 2 is 1.83 bits per heavy atom. The summed E-state index contributed by atoms with van der Waals surface area (Å²) in [6.07, 6.45) is 2.00. The van der Waals surface area contributed by atoms with Crippen LogP contribution in [-0.2, 0) is 21.1 Å². The van der Waals surface area contributed by atoms with Gasteiger partial charge in [-0.05, 0) is 37.1 Å². The average Bonchev–Trinajstić information content (AvgIpc) is 3.40. The summed E-state index contributed by atoms with van der Waals surface area (Å²) in [6.45, 7) is 2.84. The van der Waals surface area contributed by atoms with Crippen LogP contribution in [0, 0.1) is 6.92 Å². The van der Waals surface area contributed by atoms with Crippen molar-refractivity contribution in [3.05, 3.63) is 52.5 Å². The third-order valence-corrected chi connectivity index (χ3v) is 7.96. The number of aromatic amines is 1. The molecule has 7 nitrogen and oxygen atoms in total. The maximum atomic E-state index is 13.0. The van der Waals surface area contributed by atoms with Crippen molar-refractivity contribution >= 4 is 43.9 Å². The van der Waals surface area contributed by atoms with Crippen LogP contribution in [0.4, 0.5) is 0 Å². The van der Waals surface area contributed by atoms with Crippen LogP contribution in [-0.4, -0.2) is 54.6 Å². The molecule has 0 atom stereocenters. The molecule has 152 valence electrons. The maximum Gasteiger partial charge on any atom is 0.282 e. The second-order valence-electron chi connectivity index (χ2n) is 7.14. The van der Waals surface area contributed by atoms with E-state index >= 15 is 0 Å². The number of carbonyl (C=O) groups excluding carboxylic acids is 2. The van der Waals surface area contributed by atoms with E-state index in [1.165, 1.54) is 22.2 Å². The van der Waals surface area contributed by atoms with Crippen LogP contribution in [0.5, 0.6) is 0 Å². The molecule has 1 N–H and O–H groups in total. The minimum atomic E-state index is -3.36. The number of nitrogens with one attached hydrogen (secondary N) is 1. The molecule has 0 bridgehead atoms. The number of aryl methyl sites for hydroxylation is 1. The first-order chi connectivity index (χ1) is 13.8. The number of hydrogen-bond acceptors (Lipinski definition) is 5. The topological polar surface area (TPSA) is 90.6 Å². The van der Waals surface area contributed by atoms with Gasteiger partial charge in [-0.1, -0.05) is 18.2 Å². The molecule has 1 fully saturated rings. The van der Waals surface area contributed by atoms with Crippen molar-refractivity contribution in [3.63, 3.8) is 0 Å².